The third-order valence-corrected chi connectivity index (χ3v) is 6.06. The molecular formula is C23H20N4O3S. The lowest BCUT2D eigenvalue weighted by Gasteiger charge is -2.10. The molecule has 31 heavy (non-hydrogen) atoms. The Balaban J connectivity index is 1.43. The van der Waals surface area contributed by atoms with Crippen LogP contribution in [0.15, 0.2) is 85.7 Å². The van der Waals surface area contributed by atoms with Crippen molar-refractivity contribution in [3.05, 3.63) is 88.8 Å². The van der Waals surface area contributed by atoms with Crippen molar-refractivity contribution >= 4 is 22.9 Å². The number of hydrogen-bond acceptors (Lipinski definition) is 6. The predicted octanol–water partition coefficient (Wildman–Crippen LogP) is 4.60. The van der Waals surface area contributed by atoms with Crippen LogP contribution in [0.25, 0.3) is 22.5 Å². The van der Waals surface area contributed by atoms with Crippen molar-refractivity contribution < 1.29 is 8.83 Å². The van der Waals surface area contributed by atoms with E-state index >= 15 is 0 Å². The van der Waals surface area contributed by atoms with Crippen LogP contribution < -0.4 is 5.76 Å². The van der Waals surface area contributed by atoms with Gasteiger partial charge in [0.25, 0.3) is 0 Å². The molecule has 0 radical (unpaired) electrons. The summed E-state index contributed by atoms with van der Waals surface area (Å²) in [6, 6.07) is 19.4. The molecule has 0 bridgehead atoms. The standard InChI is InChI=1S/C23H20N4O3S/c1-16-7-2-3-9-18(16)21-24-25-22(27(21)15-17-8-6-13-29-17)31-14-12-26-19-10-4-5-11-20(19)30-23(26)28/h2-11,13H,12,14-15H2,1H3. The molecule has 0 aliphatic heterocycles. The van der Waals surface area contributed by atoms with Crippen LogP contribution in [0, 0.1) is 6.92 Å². The van der Waals surface area contributed by atoms with Crippen molar-refractivity contribution in [2.24, 2.45) is 0 Å². The number of aromatic nitrogens is 4. The van der Waals surface area contributed by atoms with Crippen molar-refractivity contribution in [1.29, 1.82) is 0 Å². The maximum atomic E-state index is 12.2. The molecule has 0 aliphatic carbocycles. The van der Waals surface area contributed by atoms with E-state index in [1.807, 2.05) is 48.5 Å². The molecule has 8 heteroatoms. The Bertz CT molecular complexity index is 1380. The van der Waals surface area contributed by atoms with Crippen molar-refractivity contribution in [2.45, 2.75) is 25.2 Å². The number of aryl methyl sites for hydroxylation is 2. The van der Waals surface area contributed by atoms with Crippen LogP contribution in [0.1, 0.15) is 11.3 Å². The fraction of sp³-hybridized carbons (Fsp3) is 0.174. The van der Waals surface area contributed by atoms with Crippen molar-refractivity contribution in [3.8, 4) is 11.4 Å². The highest BCUT2D eigenvalue weighted by molar-refractivity contribution is 7.99. The minimum Gasteiger partial charge on any atom is -0.467 e. The second-order valence-electron chi connectivity index (χ2n) is 7.12. The normalized spacial score (nSPS) is 11.4. The first-order valence-corrected chi connectivity index (χ1v) is 10.9. The molecule has 0 N–H and O–H groups in total. The summed E-state index contributed by atoms with van der Waals surface area (Å²) in [5.41, 5.74) is 3.56. The summed E-state index contributed by atoms with van der Waals surface area (Å²) in [6.45, 7) is 3.10. The van der Waals surface area contributed by atoms with Gasteiger partial charge in [0, 0.05) is 17.9 Å². The highest BCUT2D eigenvalue weighted by Crippen LogP contribution is 2.27. The Kier molecular flexibility index (Phi) is 5.21. The van der Waals surface area contributed by atoms with E-state index in [0.29, 0.717) is 24.4 Å². The highest BCUT2D eigenvalue weighted by atomic mass is 32.2. The molecule has 0 fully saturated rings. The minimum absolute atomic E-state index is 0.348. The lowest BCUT2D eigenvalue weighted by Crippen LogP contribution is -2.15. The average Bonchev–Trinajstić information content (AvgIpc) is 3.49. The van der Waals surface area contributed by atoms with E-state index in [9.17, 15) is 4.79 Å². The number of nitrogens with zero attached hydrogens (tertiary/aromatic N) is 4. The molecule has 0 amide bonds. The molecule has 2 aromatic carbocycles. The molecule has 7 nitrogen and oxygen atoms in total. The first kappa shape index (κ1) is 19.4. The molecule has 156 valence electrons. The van der Waals surface area contributed by atoms with Crippen LogP contribution >= 0.6 is 11.8 Å². The average molecular weight is 433 g/mol. The Morgan fingerprint density at radius 3 is 2.65 bits per heavy atom. The number of hydrogen-bond donors (Lipinski definition) is 0. The van der Waals surface area contributed by atoms with Crippen LogP contribution in [0.2, 0.25) is 0 Å². The lowest BCUT2D eigenvalue weighted by molar-refractivity contribution is 0.485. The van der Waals surface area contributed by atoms with Gasteiger partial charge < -0.3 is 8.83 Å². The fourth-order valence-electron chi connectivity index (χ4n) is 3.57. The van der Waals surface area contributed by atoms with E-state index in [2.05, 4.69) is 27.8 Å². The van der Waals surface area contributed by atoms with Crippen LogP contribution in [-0.2, 0) is 13.1 Å². The molecule has 0 aliphatic rings. The van der Waals surface area contributed by atoms with Gasteiger partial charge in [0.2, 0.25) is 0 Å². The second-order valence-corrected chi connectivity index (χ2v) is 8.18. The fourth-order valence-corrected chi connectivity index (χ4v) is 4.44. The molecule has 0 spiro atoms. The van der Waals surface area contributed by atoms with Gasteiger partial charge >= 0.3 is 5.76 Å². The van der Waals surface area contributed by atoms with Crippen LogP contribution in [-0.4, -0.2) is 25.1 Å². The summed E-state index contributed by atoms with van der Waals surface area (Å²) in [4.78, 5) is 12.2. The van der Waals surface area contributed by atoms with Gasteiger partial charge in [-0.1, -0.05) is 48.2 Å². The first-order chi connectivity index (χ1) is 15.2. The molecule has 3 heterocycles. The van der Waals surface area contributed by atoms with Gasteiger partial charge in [-0.05, 0) is 36.8 Å². The van der Waals surface area contributed by atoms with Crippen molar-refractivity contribution in [3.63, 3.8) is 0 Å². The van der Waals surface area contributed by atoms with Gasteiger partial charge in [-0.2, -0.15) is 0 Å². The van der Waals surface area contributed by atoms with Crippen LogP contribution in [0.5, 0.6) is 0 Å². The topological polar surface area (TPSA) is 79.0 Å². The predicted molar refractivity (Wildman–Crippen MR) is 119 cm³/mol. The smallest absolute Gasteiger partial charge is 0.419 e. The van der Waals surface area contributed by atoms with E-state index in [0.717, 1.165) is 33.4 Å². The molecule has 3 aromatic heterocycles. The zero-order chi connectivity index (χ0) is 21.2. The zero-order valence-electron chi connectivity index (χ0n) is 16.9. The molecule has 0 saturated carbocycles. The summed E-state index contributed by atoms with van der Waals surface area (Å²) in [6.07, 6.45) is 1.66. The number of oxazole rings is 1. The van der Waals surface area contributed by atoms with Crippen LogP contribution in [0.4, 0.5) is 0 Å². The Labute approximate surface area is 182 Å². The number of fused-ring (bicyclic) bond motifs is 1. The van der Waals surface area contributed by atoms with Gasteiger partial charge in [-0.3, -0.25) is 9.13 Å². The summed E-state index contributed by atoms with van der Waals surface area (Å²) < 4.78 is 14.6. The minimum atomic E-state index is -0.348. The summed E-state index contributed by atoms with van der Waals surface area (Å²) >= 11 is 1.55. The third kappa shape index (κ3) is 3.82. The summed E-state index contributed by atoms with van der Waals surface area (Å²) in [5.74, 6) is 1.92. The number of benzene rings is 2. The van der Waals surface area contributed by atoms with E-state index in [1.165, 1.54) is 0 Å². The van der Waals surface area contributed by atoms with Gasteiger partial charge in [-0.25, -0.2) is 4.79 Å². The zero-order valence-corrected chi connectivity index (χ0v) is 17.7. The SMILES string of the molecule is Cc1ccccc1-c1nnc(SCCn2c(=O)oc3ccccc32)n1Cc1ccco1. The maximum absolute atomic E-state index is 12.2. The van der Waals surface area contributed by atoms with Crippen LogP contribution in [0.3, 0.4) is 0 Å². The Hall–Kier alpha value is -3.52. The molecule has 0 unspecified atom stereocenters. The first-order valence-electron chi connectivity index (χ1n) is 9.93. The van der Waals surface area contributed by atoms with Crippen molar-refractivity contribution in [1.82, 2.24) is 19.3 Å². The lowest BCUT2D eigenvalue weighted by atomic mass is 10.1. The monoisotopic (exact) mass is 432 g/mol. The Morgan fingerprint density at radius 1 is 0.968 bits per heavy atom. The highest BCUT2D eigenvalue weighted by Gasteiger charge is 2.17. The van der Waals surface area contributed by atoms with Gasteiger partial charge in [0.05, 0.1) is 18.3 Å². The van der Waals surface area contributed by atoms with E-state index in [1.54, 1.807) is 28.7 Å². The molecule has 0 atom stereocenters. The largest absolute Gasteiger partial charge is 0.467 e. The van der Waals surface area contributed by atoms with E-state index in [4.69, 9.17) is 8.83 Å². The Morgan fingerprint density at radius 2 is 1.81 bits per heavy atom. The van der Waals surface area contributed by atoms with Gasteiger partial charge in [-0.15, -0.1) is 10.2 Å². The van der Waals surface area contributed by atoms with E-state index < -0.39 is 0 Å². The van der Waals surface area contributed by atoms with Gasteiger partial charge in [0.15, 0.2) is 16.6 Å². The second kappa shape index (κ2) is 8.31. The van der Waals surface area contributed by atoms with Crippen molar-refractivity contribution in [2.75, 3.05) is 5.75 Å². The summed E-state index contributed by atoms with van der Waals surface area (Å²) in [5, 5.41) is 9.69. The summed E-state index contributed by atoms with van der Waals surface area (Å²) in [7, 11) is 0. The number of furan rings is 1. The van der Waals surface area contributed by atoms with E-state index in [-0.39, 0.29) is 5.76 Å². The molecule has 5 rings (SSSR count). The quantitative estimate of drug-likeness (QED) is 0.350. The maximum Gasteiger partial charge on any atom is 0.419 e. The molecule has 5 aromatic rings. The number of rotatable bonds is 7. The van der Waals surface area contributed by atoms with Gasteiger partial charge in [0.1, 0.15) is 5.76 Å². The molecule has 0 saturated heterocycles. The molecular weight excluding hydrogens is 412 g/mol. The third-order valence-electron chi connectivity index (χ3n) is 5.12. The number of thioether (sulfide) groups is 1. The number of para-hydroxylation sites is 2.